The Hall–Kier alpha value is -0.860. The van der Waals surface area contributed by atoms with Crippen LogP contribution in [0.15, 0.2) is 24.3 Å². The lowest BCUT2D eigenvalue weighted by Crippen LogP contribution is -2.27. The van der Waals surface area contributed by atoms with Gasteiger partial charge in [-0.05, 0) is 74.2 Å². The van der Waals surface area contributed by atoms with Gasteiger partial charge in [-0.15, -0.1) is 0 Å². The van der Waals surface area contributed by atoms with Gasteiger partial charge in [0.1, 0.15) is 0 Å². The third-order valence-corrected chi connectivity index (χ3v) is 8.64. The first-order valence-corrected chi connectivity index (χ1v) is 13.6. The maximum absolute atomic E-state index is 6.04. The lowest BCUT2D eigenvalue weighted by molar-refractivity contribution is -0.206. The van der Waals surface area contributed by atoms with Crippen LogP contribution in [0.2, 0.25) is 0 Å². The molecule has 0 atom stereocenters. The Kier molecular flexibility index (Phi) is 8.90. The molecule has 0 amide bonds. The molecule has 1 saturated heterocycles. The van der Waals surface area contributed by atoms with Crippen molar-refractivity contribution in [2.24, 2.45) is 23.7 Å². The zero-order chi connectivity index (χ0) is 21.5. The van der Waals surface area contributed by atoms with Gasteiger partial charge in [-0.25, -0.2) is 0 Å². The van der Waals surface area contributed by atoms with E-state index in [1.54, 1.807) is 0 Å². The van der Waals surface area contributed by atoms with E-state index in [4.69, 9.17) is 9.47 Å². The van der Waals surface area contributed by atoms with Crippen molar-refractivity contribution in [3.63, 3.8) is 0 Å². The molecule has 1 aromatic carbocycles. The van der Waals surface area contributed by atoms with E-state index >= 15 is 0 Å². The highest BCUT2D eigenvalue weighted by atomic mass is 16.7. The number of unbranched alkanes of at least 4 members (excludes halogenated alkanes) is 1. The first kappa shape index (κ1) is 23.3. The first-order valence-electron chi connectivity index (χ1n) is 13.6. The van der Waals surface area contributed by atoms with Crippen LogP contribution in [-0.2, 0) is 9.47 Å². The predicted octanol–water partition coefficient (Wildman–Crippen LogP) is 8.42. The summed E-state index contributed by atoms with van der Waals surface area (Å²) in [6.45, 7) is 6.28. The summed E-state index contributed by atoms with van der Waals surface area (Å²) in [6, 6.07) is 9.22. The lowest BCUT2D eigenvalue weighted by Gasteiger charge is -2.38. The van der Waals surface area contributed by atoms with Gasteiger partial charge in [0.25, 0.3) is 0 Å². The highest BCUT2D eigenvalue weighted by Crippen LogP contribution is 2.44. The van der Waals surface area contributed by atoms with E-state index in [-0.39, 0.29) is 6.29 Å². The SMILES string of the molecule is CCCCC1COC(c2ccc(C3CCC(C4CCC(CCC)CC4)CC3)cc2)OC1. The van der Waals surface area contributed by atoms with Crippen molar-refractivity contribution in [3.05, 3.63) is 35.4 Å². The van der Waals surface area contributed by atoms with Gasteiger partial charge < -0.3 is 9.47 Å². The summed E-state index contributed by atoms with van der Waals surface area (Å²) in [4.78, 5) is 0. The molecule has 0 N–H and O–H groups in total. The highest BCUT2D eigenvalue weighted by Gasteiger charge is 2.31. The van der Waals surface area contributed by atoms with E-state index in [1.807, 2.05) is 0 Å². The summed E-state index contributed by atoms with van der Waals surface area (Å²) >= 11 is 0. The molecule has 2 aliphatic carbocycles. The monoisotopic (exact) mass is 426 g/mol. The molecule has 0 radical (unpaired) electrons. The van der Waals surface area contributed by atoms with Crippen molar-refractivity contribution in [2.75, 3.05) is 13.2 Å². The Morgan fingerprint density at radius 3 is 1.81 bits per heavy atom. The smallest absolute Gasteiger partial charge is 0.183 e. The third-order valence-electron chi connectivity index (χ3n) is 8.64. The summed E-state index contributed by atoms with van der Waals surface area (Å²) in [5, 5.41) is 0. The topological polar surface area (TPSA) is 18.5 Å². The molecule has 1 aromatic rings. The Bertz CT molecular complexity index is 615. The number of rotatable bonds is 8. The van der Waals surface area contributed by atoms with Crippen LogP contribution in [0.4, 0.5) is 0 Å². The average molecular weight is 427 g/mol. The van der Waals surface area contributed by atoms with E-state index in [0.717, 1.165) is 36.9 Å². The van der Waals surface area contributed by atoms with Gasteiger partial charge in [0, 0.05) is 11.5 Å². The minimum Gasteiger partial charge on any atom is -0.348 e. The maximum Gasteiger partial charge on any atom is 0.183 e. The quantitative estimate of drug-likeness (QED) is 0.415. The molecule has 0 spiro atoms. The third kappa shape index (κ3) is 6.35. The molecule has 2 saturated carbocycles. The van der Waals surface area contributed by atoms with Crippen LogP contribution >= 0.6 is 0 Å². The molecular formula is C29H46O2. The Morgan fingerprint density at radius 1 is 0.645 bits per heavy atom. The summed E-state index contributed by atoms with van der Waals surface area (Å²) in [7, 11) is 0. The zero-order valence-corrected chi connectivity index (χ0v) is 20.2. The molecule has 3 aliphatic rings. The largest absolute Gasteiger partial charge is 0.348 e. The number of ether oxygens (including phenoxy) is 2. The predicted molar refractivity (Wildman–Crippen MR) is 129 cm³/mol. The summed E-state index contributed by atoms with van der Waals surface area (Å²) < 4.78 is 12.1. The number of hydrogen-bond acceptors (Lipinski definition) is 2. The molecule has 2 nitrogen and oxygen atoms in total. The van der Waals surface area contributed by atoms with Gasteiger partial charge in [0.05, 0.1) is 13.2 Å². The van der Waals surface area contributed by atoms with Crippen LogP contribution in [0, 0.1) is 23.7 Å². The summed E-state index contributed by atoms with van der Waals surface area (Å²) in [5.74, 6) is 4.40. The van der Waals surface area contributed by atoms with Gasteiger partial charge >= 0.3 is 0 Å². The molecular weight excluding hydrogens is 380 g/mol. The van der Waals surface area contributed by atoms with Crippen LogP contribution in [0.3, 0.4) is 0 Å². The Labute approximate surface area is 191 Å². The molecule has 4 rings (SSSR count). The van der Waals surface area contributed by atoms with Gasteiger partial charge in [-0.3, -0.25) is 0 Å². The van der Waals surface area contributed by atoms with Crippen molar-refractivity contribution in [3.8, 4) is 0 Å². The van der Waals surface area contributed by atoms with Crippen LogP contribution < -0.4 is 0 Å². The minimum atomic E-state index is -0.162. The van der Waals surface area contributed by atoms with Crippen LogP contribution in [0.1, 0.15) is 121 Å². The van der Waals surface area contributed by atoms with Gasteiger partial charge in [-0.2, -0.15) is 0 Å². The van der Waals surface area contributed by atoms with Crippen molar-refractivity contribution < 1.29 is 9.47 Å². The van der Waals surface area contributed by atoms with Crippen molar-refractivity contribution in [2.45, 2.75) is 110 Å². The molecule has 1 aliphatic heterocycles. The molecule has 0 unspecified atom stereocenters. The molecule has 0 bridgehead atoms. The van der Waals surface area contributed by atoms with Crippen molar-refractivity contribution >= 4 is 0 Å². The molecule has 0 aromatic heterocycles. The van der Waals surface area contributed by atoms with Gasteiger partial charge in [-0.1, -0.05) is 76.6 Å². The van der Waals surface area contributed by atoms with Crippen LogP contribution in [0.25, 0.3) is 0 Å². The number of benzene rings is 1. The van der Waals surface area contributed by atoms with E-state index in [2.05, 4.69) is 38.1 Å². The van der Waals surface area contributed by atoms with E-state index in [1.165, 1.54) is 94.6 Å². The normalized spacial score (nSPS) is 34.5. The number of hydrogen-bond donors (Lipinski definition) is 0. The zero-order valence-electron chi connectivity index (χ0n) is 20.2. The highest BCUT2D eigenvalue weighted by molar-refractivity contribution is 5.26. The Morgan fingerprint density at radius 2 is 1.23 bits per heavy atom. The van der Waals surface area contributed by atoms with E-state index < -0.39 is 0 Å². The first-order chi connectivity index (χ1) is 15.3. The maximum atomic E-state index is 6.04. The molecule has 1 heterocycles. The second-order valence-electron chi connectivity index (χ2n) is 10.9. The van der Waals surface area contributed by atoms with Crippen LogP contribution in [-0.4, -0.2) is 13.2 Å². The van der Waals surface area contributed by atoms with Gasteiger partial charge in [0.2, 0.25) is 0 Å². The minimum absolute atomic E-state index is 0.162. The standard InChI is InChI=1S/C29H46O2/c1-3-5-7-23-20-30-29(31-21-23)28-18-16-27(17-19-28)26-14-12-25(13-15-26)24-10-8-22(6-4-2)9-11-24/h16-19,22-26,29H,3-15,20-21H2,1-2H3. The molecule has 2 heteroatoms. The van der Waals surface area contributed by atoms with Gasteiger partial charge in [0.15, 0.2) is 6.29 Å². The molecule has 3 fully saturated rings. The van der Waals surface area contributed by atoms with Crippen molar-refractivity contribution in [1.82, 2.24) is 0 Å². The fourth-order valence-corrected chi connectivity index (χ4v) is 6.60. The second kappa shape index (κ2) is 11.8. The average Bonchev–Trinajstić information content (AvgIpc) is 2.84. The second-order valence-corrected chi connectivity index (χ2v) is 10.9. The summed E-state index contributed by atoms with van der Waals surface area (Å²) in [6.07, 6.45) is 18.1. The molecule has 174 valence electrons. The summed E-state index contributed by atoms with van der Waals surface area (Å²) in [5.41, 5.74) is 2.72. The van der Waals surface area contributed by atoms with Crippen LogP contribution in [0.5, 0.6) is 0 Å². The Balaban J connectivity index is 1.21. The van der Waals surface area contributed by atoms with Crippen molar-refractivity contribution in [1.29, 1.82) is 0 Å². The molecule has 31 heavy (non-hydrogen) atoms. The van der Waals surface area contributed by atoms with E-state index in [9.17, 15) is 0 Å². The fraction of sp³-hybridized carbons (Fsp3) is 0.793. The van der Waals surface area contributed by atoms with E-state index in [0.29, 0.717) is 5.92 Å². The lowest BCUT2D eigenvalue weighted by atomic mass is 9.68. The fourth-order valence-electron chi connectivity index (χ4n) is 6.60.